The van der Waals surface area contributed by atoms with Crippen molar-refractivity contribution in [3.63, 3.8) is 0 Å². The van der Waals surface area contributed by atoms with Crippen LogP contribution in [0.5, 0.6) is 5.88 Å². The van der Waals surface area contributed by atoms with Gasteiger partial charge in [0.2, 0.25) is 5.88 Å². The summed E-state index contributed by atoms with van der Waals surface area (Å²) in [5.41, 5.74) is 2.19. The van der Waals surface area contributed by atoms with Crippen molar-refractivity contribution in [2.24, 2.45) is 0 Å². The molecule has 0 fully saturated rings. The molecule has 0 saturated heterocycles. The lowest BCUT2D eigenvalue weighted by atomic mass is 10.2. The summed E-state index contributed by atoms with van der Waals surface area (Å²) in [4.78, 5) is 4.35. The summed E-state index contributed by atoms with van der Waals surface area (Å²) >= 11 is 0. The molecule has 0 aromatic carbocycles. The highest BCUT2D eigenvalue weighted by molar-refractivity contribution is 5.24. The van der Waals surface area contributed by atoms with Gasteiger partial charge < -0.3 is 14.8 Å². The molecule has 1 aromatic rings. The number of pyridine rings is 1. The van der Waals surface area contributed by atoms with E-state index in [0.717, 1.165) is 31.8 Å². The topological polar surface area (TPSA) is 43.4 Å². The van der Waals surface area contributed by atoms with E-state index in [1.54, 1.807) is 0 Å². The van der Waals surface area contributed by atoms with Gasteiger partial charge in [-0.2, -0.15) is 0 Å². The minimum Gasteiger partial charge on any atom is -0.475 e. The largest absolute Gasteiger partial charge is 0.475 e. The monoisotopic (exact) mass is 252 g/mol. The zero-order valence-corrected chi connectivity index (χ0v) is 11.7. The third-order valence-corrected chi connectivity index (χ3v) is 2.43. The Morgan fingerprint density at radius 3 is 2.78 bits per heavy atom. The standard InChI is InChI=1S/C14H24N2O2/c1-4-6-15-11-13-9-12(3)16-14(10-13)18-8-7-17-5-2/h9-10,15H,4-8,11H2,1-3H3. The summed E-state index contributed by atoms with van der Waals surface area (Å²) in [6.45, 7) is 9.88. The van der Waals surface area contributed by atoms with Crippen molar-refractivity contribution in [1.29, 1.82) is 0 Å². The molecule has 1 aromatic heterocycles. The quantitative estimate of drug-likeness (QED) is 0.685. The minimum absolute atomic E-state index is 0.548. The molecule has 0 aliphatic carbocycles. The number of aryl methyl sites for hydroxylation is 1. The van der Waals surface area contributed by atoms with Crippen molar-refractivity contribution in [1.82, 2.24) is 10.3 Å². The first-order valence-corrected chi connectivity index (χ1v) is 6.65. The van der Waals surface area contributed by atoms with E-state index in [9.17, 15) is 0 Å². The zero-order chi connectivity index (χ0) is 13.2. The van der Waals surface area contributed by atoms with Crippen LogP contribution in [0, 0.1) is 6.92 Å². The normalized spacial score (nSPS) is 10.6. The summed E-state index contributed by atoms with van der Waals surface area (Å²) < 4.78 is 10.8. The minimum atomic E-state index is 0.548. The molecular formula is C14H24N2O2. The molecule has 0 saturated carbocycles. The van der Waals surface area contributed by atoms with Gasteiger partial charge in [0, 0.05) is 24.9 Å². The van der Waals surface area contributed by atoms with Gasteiger partial charge in [0.1, 0.15) is 6.61 Å². The van der Waals surface area contributed by atoms with Gasteiger partial charge in [-0.15, -0.1) is 0 Å². The third kappa shape index (κ3) is 5.98. The van der Waals surface area contributed by atoms with Gasteiger partial charge in [-0.05, 0) is 38.4 Å². The molecule has 1 N–H and O–H groups in total. The lowest BCUT2D eigenvalue weighted by Crippen LogP contribution is -2.14. The number of ether oxygens (including phenoxy) is 2. The van der Waals surface area contributed by atoms with E-state index in [1.165, 1.54) is 5.56 Å². The Labute approximate surface area is 110 Å². The number of hydrogen-bond acceptors (Lipinski definition) is 4. The maximum atomic E-state index is 5.57. The van der Waals surface area contributed by atoms with E-state index in [2.05, 4.69) is 23.3 Å². The Bertz CT molecular complexity index is 343. The van der Waals surface area contributed by atoms with Gasteiger partial charge in [-0.1, -0.05) is 6.92 Å². The lowest BCUT2D eigenvalue weighted by molar-refractivity contribution is 0.108. The van der Waals surface area contributed by atoms with E-state index in [1.807, 2.05) is 19.9 Å². The number of rotatable bonds is 9. The van der Waals surface area contributed by atoms with Crippen LogP contribution in [0.3, 0.4) is 0 Å². The summed E-state index contributed by atoms with van der Waals surface area (Å²) in [6.07, 6.45) is 1.14. The molecule has 1 rings (SSSR count). The predicted molar refractivity (Wildman–Crippen MR) is 73.0 cm³/mol. The molecule has 0 aliphatic rings. The molecule has 0 radical (unpaired) electrons. The summed E-state index contributed by atoms with van der Waals surface area (Å²) in [5.74, 6) is 0.683. The van der Waals surface area contributed by atoms with Crippen molar-refractivity contribution in [3.05, 3.63) is 23.4 Å². The van der Waals surface area contributed by atoms with Crippen LogP contribution < -0.4 is 10.1 Å². The molecule has 18 heavy (non-hydrogen) atoms. The predicted octanol–water partition coefficient (Wildman–Crippen LogP) is 2.30. The first kappa shape index (κ1) is 14.9. The molecule has 4 heteroatoms. The molecule has 0 atom stereocenters. The first-order valence-electron chi connectivity index (χ1n) is 6.65. The van der Waals surface area contributed by atoms with E-state index in [0.29, 0.717) is 19.1 Å². The number of hydrogen-bond donors (Lipinski definition) is 1. The second-order valence-electron chi connectivity index (χ2n) is 4.18. The second kappa shape index (κ2) is 8.89. The lowest BCUT2D eigenvalue weighted by Gasteiger charge is -2.09. The molecule has 0 bridgehead atoms. The number of nitrogens with zero attached hydrogens (tertiary/aromatic N) is 1. The fourth-order valence-electron chi connectivity index (χ4n) is 1.64. The van der Waals surface area contributed by atoms with Crippen LogP contribution in [0.1, 0.15) is 31.5 Å². The molecule has 1 heterocycles. The van der Waals surface area contributed by atoms with E-state index in [-0.39, 0.29) is 0 Å². The van der Waals surface area contributed by atoms with Crippen molar-refractivity contribution in [2.45, 2.75) is 33.7 Å². The summed E-state index contributed by atoms with van der Waals surface area (Å²) in [7, 11) is 0. The fourth-order valence-corrected chi connectivity index (χ4v) is 1.64. The molecule has 0 unspecified atom stereocenters. The molecule has 0 spiro atoms. The smallest absolute Gasteiger partial charge is 0.213 e. The number of aromatic nitrogens is 1. The average Bonchev–Trinajstić information content (AvgIpc) is 2.34. The Morgan fingerprint density at radius 2 is 2.06 bits per heavy atom. The van der Waals surface area contributed by atoms with Crippen LogP contribution in [-0.2, 0) is 11.3 Å². The van der Waals surface area contributed by atoms with E-state index < -0.39 is 0 Å². The van der Waals surface area contributed by atoms with Gasteiger partial charge in [-0.3, -0.25) is 0 Å². The number of nitrogens with one attached hydrogen (secondary N) is 1. The Hall–Kier alpha value is -1.13. The highest BCUT2D eigenvalue weighted by atomic mass is 16.5. The molecule has 0 amide bonds. The molecular weight excluding hydrogens is 228 g/mol. The Balaban J connectivity index is 2.46. The highest BCUT2D eigenvalue weighted by Gasteiger charge is 2.01. The van der Waals surface area contributed by atoms with Crippen LogP contribution in [0.2, 0.25) is 0 Å². The van der Waals surface area contributed by atoms with Crippen LogP contribution in [-0.4, -0.2) is 31.3 Å². The van der Waals surface area contributed by atoms with Gasteiger partial charge in [0.25, 0.3) is 0 Å². The average molecular weight is 252 g/mol. The van der Waals surface area contributed by atoms with Gasteiger partial charge in [0.15, 0.2) is 0 Å². The Morgan fingerprint density at radius 1 is 1.22 bits per heavy atom. The van der Waals surface area contributed by atoms with Crippen molar-refractivity contribution in [2.75, 3.05) is 26.4 Å². The van der Waals surface area contributed by atoms with Crippen LogP contribution in [0.4, 0.5) is 0 Å². The molecule has 4 nitrogen and oxygen atoms in total. The first-order chi connectivity index (χ1) is 8.76. The second-order valence-corrected chi connectivity index (χ2v) is 4.18. The van der Waals surface area contributed by atoms with E-state index in [4.69, 9.17) is 9.47 Å². The van der Waals surface area contributed by atoms with E-state index >= 15 is 0 Å². The summed E-state index contributed by atoms with van der Waals surface area (Å²) in [6, 6.07) is 4.07. The van der Waals surface area contributed by atoms with Gasteiger partial charge in [0.05, 0.1) is 6.61 Å². The van der Waals surface area contributed by atoms with Crippen molar-refractivity contribution in [3.8, 4) is 5.88 Å². The van der Waals surface area contributed by atoms with Gasteiger partial charge >= 0.3 is 0 Å². The molecule has 102 valence electrons. The van der Waals surface area contributed by atoms with Crippen LogP contribution in [0.25, 0.3) is 0 Å². The maximum Gasteiger partial charge on any atom is 0.213 e. The maximum absolute atomic E-state index is 5.57. The Kier molecular flexibility index (Phi) is 7.37. The van der Waals surface area contributed by atoms with Crippen molar-refractivity contribution < 1.29 is 9.47 Å². The fraction of sp³-hybridized carbons (Fsp3) is 0.643. The zero-order valence-electron chi connectivity index (χ0n) is 11.7. The van der Waals surface area contributed by atoms with Crippen LogP contribution in [0.15, 0.2) is 12.1 Å². The molecule has 0 aliphatic heterocycles. The van der Waals surface area contributed by atoms with Crippen molar-refractivity contribution >= 4 is 0 Å². The van der Waals surface area contributed by atoms with Gasteiger partial charge in [-0.25, -0.2) is 4.98 Å². The van der Waals surface area contributed by atoms with Crippen LogP contribution >= 0.6 is 0 Å². The summed E-state index contributed by atoms with van der Waals surface area (Å²) in [5, 5.41) is 3.37. The third-order valence-electron chi connectivity index (χ3n) is 2.43. The SMILES string of the molecule is CCCNCc1cc(C)nc(OCCOCC)c1. The highest BCUT2D eigenvalue weighted by Crippen LogP contribution is 2.12.